The summed E-state index contributed by atoms with van der Waals surface area (Å²) in [6.45, 7) is 4.74. The van der Waals surface area contributed by atoms with Crippen LogP contribution in [0, 0.1) is 0 Å². The number of para-hydroxylation sites is 1. The molecule has 0 radical (unpaired) electrons. The van der Waals surface area contributed by atoms with E-state index in [9.17, 15) is 0 Å². The smallest absolute Gasteiger partial charge is 0.132 e. The van der Waals surface area contributed by atoms with Gasteiger partial charge in [-0.05, 0) is 115 Å². The molecular weight excluding hydrogens is 727 g/mol. The third-order valence-corrected chi connectivity index (χ3v) is 13.3. The van der Waals surface area contributed by atoms with Gasteiger partial charge in [0.05, 0.1) is 11.1 Å². The molecule has 0 amide bonds. The fourth-order valence-electron chi connectivity index (χ4n) is 10.7. The second-order valence-electron chi connectivity index (χ2n) is 16.8. The number of hydrogen-bond acceptors (Lipinski definition) is 2. The molecule has 1 spiro atoms. The summed E-state index contributed by atoms with van der Waals surface area (Å²) in [5, 5.41) is 0. The summed E-state index contributed by atoms with van der Waals surface area (Å²) >= 11 is 0. The van der Waals surface area contributed by atoms with Crippen molar-refractivity contribution in [2.75, 3.05) is 4.90 Å². The quantitative estimate of drug-likeness (QED) is 0.173. The highest BCUT2D eigenvalue weighted by atomic mass is 16.5. The molecular formula is C58H41NO. The first-order chi connectivity index (χ1) is 29.5. The number of nitrogens with zero attached hydrogens (tertiary/aromatic N) is 1. The fraction of sp³-hybridized carbons (Fsp3) is 0.0690. The van der Waals surface area contributed by atoms with E-state index in [0.29, 0.717) is 0 Å². The van der Waals surface area contributed by atoms with Crippen LogP contribution in [0.15, 0.2) is 212 Å². The maximum atomic E-state index is 6.74. The lowest BCUT2D eigenvalue weighted by Gasteiger charge is -2.39. The Morgan fingerprint density at radius 3 is 1.47 bits per heavy atom. The molecule has 3 aliphatic rings. The molecule has 0 fully saturated rings. The molecule has 0 atom stereocenters. The van der Waals surface area contributed by atoms with Crippen molar-refractivity contribution in [3.8, 4) is 56.0 Å². The zero-order valence-corrected chi connectivity index (χ0v) is 33.6. The monoisotopic (exact) mass is 767 g/mol. The van der Waals surface area contributed by atoms with Gasteiger partial charge in [0.2, 0.25) is 0 Å². The van der Waals surface area contributed by atoms with Crippen LogP contribution in [-0.2, 0) is 10.8 Å². The Morgan fingerprint density at radius 1 is 0.350 bits per heavy atom. The lowest BCUT2D eigenvalue weighted by atomic mass is 9.66. The molecule has 0 saturated carbocycles. The highest BCUT2D eigenvalue weighted by Gasteiger charge is 2.51. The van der Waals surface area contributed by atoms with Gasteiger partial charge in [0.1, 0.15) is 11.5 Å². The van der Waals surface area contributed by atoms with Crippen LogP contribution in [0.1, 0.15) is 47.2 Å². The van der Waals surface area contributed by atoms with Crippen molar-refractivity contribution in [1.29, 1.82) is 0 Å². The van der Waals surface area contributed by atoms with Gasteiger partial charge >= 0.3 is 0 Å². The molecule has 12 rings (SSSR count). The summed E-state index contributed by atoms with van der Waals surface area (Å²) in [5.74, 6) is 1.80. The number of rotatable bonds is 5. The van der Waals surface area contributed by atoms with E-state index < -0.39 is 5.41 Å². The molecule has 0 aromatic heterocycles. The van der Waals surface area contributed by atoms with Crippen LogP contribution < -0.4 is 9.64 Å². The molecule has 1 heterocycles. The molecule has 0 saturated heterocycles. The summed E-state index contributed by atoms with van der Waals surface area (Å²) < 4.78 is 6.74. The topological polar surface area (TPSA) is 12.5 Å². The fourth-order valence-corrected chi connectivity index (χ4v) is 10.7. The van der Waals surface area contributed by atoms with Crippen LogP contribution in [0.5, 0.6) is 11.5 Å². The summed E-state index contributed by atoms with van der Waals surface area (Å²) in [7, 11) is 0. The van der Waals surface area contributed by atoms with E-state index >= 15 is 0 Å². The zero-order valence-electron chi connectivity index (χ0n) is 33.6. The lowest BCUT2D eigenvalue weighted by Crippen LogP contribution is -2.32. The average molecular weight is 768 g/mol. The summed E-state index contributed by atoms with van der Waals surface area (Å²) in [6, 6.07) is 77.7. The van der Waals surface area contributed by atoms with Crippen molar-refractivity contribution in [3.05, 3.63) is 246 Å². The molecule has 60 heavy (non-hydrogen) atoms. The Labute approximate surface area is 351 Å². The van der Waals surface area contributed by atoms with Gasteiger partial charge in [0, 0.05) is 27.9 Å². The van der Waals surface area contributed by atoms with Gasteiger partial charge < -0.3 is 9.64 Å². The average Bonchev–Trinajstić information content (AvgIpc) is 3.73. The third kappa shape index (κ3) is 4.88. The Hall–Kier alpha value is -7.42. The maximum Gasteiger partial charge on any atom is 0.132 e. The lowest BCUT2D eigenvalue weighted by molar-refractivity contribution is 0.436. The summed E-state index contributed by atoms with van der Waals surface area (Å²) in [6.07, 6.45) is 0. The van der Waals surface area contributed by atoms with Crippen molar-refractivity contribution < 1.29 is 4.74 Å². The van der Waals surface area contributed by atoms with Gasteiger partial charge in [-0.2, -0.15) is 0 Å². The molecule has 2 aliphatic carbocycles. The molecule has 1 aliphatic heterocycles. The van der Waals surface area contributed by atoms with E-state index in [1.54, 1.807) is 0 Å². The predicted molar refractivity (Wildman–Crippen MR) is 247 cm³/mol. The van der Waals surface area contributed by atoms with Crippen LogP contribution in [0.3, 0.4) is 0 Å². The number of fused-ring (bicyclic) bond motifs is 12. The van der Waals surface area contributed by atoms with Crippen LogP contribution in [0.4, 0.5) is 17.1 Å². The minimum absolute atomic E-state index is 0.179. The first kappa shape index (κ1) is 34.6. The van der Waals surface area contributed by atoms with Crippen LogP contribution in [0.25, 0.3) is 44.5 Å². The third-order valence-electron chi connectivity index (χ3n) is 13.3. The summed E-state index contributed by atoms with van der Waals surface area (Å²) in [4.78, 5) is 2.45. The highest BCUT2D eigenvalue weighted by molar-refractivity contribution is 5.92. The maximum absolute atomic E-state index is 6.74. The molecule has 0 unspecified atom stereocenters. The molecule has 9 aromatic rings. The second kappa shape index (κ2) is 13.0. The van der Waals surface area contributed by atoms with Crippen molar-refractivity contribution in [3.63, 3.8) is 0 Å². The van der Waals surface area contributed by atoms with Gasteiger partial charge in [0.25, 0.3) is 0 Å². The Morgan fingerprint density at radius 2 is 0.817 bits per heavy atom. The Balaban J connectivity index is 1.00. The van der Waals surface area contributed by atoms with Gasteiger partial charge in [-0.25, -0.2) is 0 Å². The molecule has 0 bridgehead atoms. The zero-order chi connectivity index (χ0) is 40.0. The van der Waals surface area contributed by atoms with Crippen LogP contribution in [-0.4, -0.2) is 0 Å². The summed E-state index contributed by atoms with van der Waals surface area (Å²) in [5.41, 5.74) is 20.3. The minimum Gasteiger partial charge on any atom is -0.457 e. The van der Waals surface area contributed by atoms with E-state index in [4.69, 9.17) is 4.74 Å². The molecule has 284 valence electrons. The molecule has 2 heteroatoms. The van der Waals surface area contributed by atoms with E-state index in [1.807, 2.05) is 0 Å². The number of ether oxygens (including phenoxy) is 1. The minimum atomic E-state index is -0.506. The number of anilines is 3. The Bertz CT molecular complexity index is 3090. The largest absolute Gasteiger partial charge is 0.457 e. The van der Waals surface area contributed by atoms with Gasteiger partial charge in [-0.1, -0.05) is 178 Å². The van der Waals surface area contributed by atoms with Gasteiger partial charge in [0.15, 0.2) is 0 Å². The SMILES string of the molecule is CC1(C)c2ccccc2-c2cccc(N(c3ccc(-c4ccccc4)cc3)c3ccc(-c4ccc5c(c4)C4(c6ccccc6O5)c5ccccc5-c5ccccc54)cc3)c21. The molecule has 0 N–H and O–H groups in total. The molecule has 9 aromatic carbocycles. The Kier molecular flexibility index (Phi) is 7.52. The standard InChI is InChI=1S/C58H41NO/c1-57(2)48-21-9-6-19-46(48)47-20-14-25-53(56(47)57)59(42-32-27-39(28-33-42)38-15-4-3-5-16-38)43-34-29-40(30-35-43)41-31-36-55-52(37-41)58(51-24-12-13-26-54(51)60-55)49-22-10-7-17-44(49)45-18-8-11-23-50(45)58/h3-37H,1-2H3. The van der Waals surface area contributed by atoms with Crippen LogP contribution in [0.2, 0.25) is 0 Å². The van der Waals surface area contributed by atoms with Crippen LogP contribution >= 0.6 is 0 Å². The number of hydrogen-bond donors (Lipinski definition) is 0. The van der Waals surface area contributed by atoms with E-state index in [0.717, 1.165) is 34.0 Å². The van der Waals surface area contributed by atoms with Gasteiger partial charge in [-0.3, -0.25) is 0 Å². The van der Waals surface area contributed by atoms with Crippen molar-refractivity contribution in [2.45, 2.75) is 24.7 Å². The molecule has 2 nitrogen and oxygen atoms in total. The second-order valence-corrected chi connectivity index (χ2v) is 16.8. The first-order valence-electron chi connectivity index (χ1n) is 20.9. The van der Waals surface area contributed by atoms with Gasteiger partial charge in [-0.15, -0.1) is 0 Å². The van der Waals surface area contributed by atoms with E-state index in [2.05, 4.69) is 231 Å². The predicted octanol–water partition coefficient (Wildman–Crippen LogP) is 15.3. The van der Waals surface area contributed by atoms with Crippen molar-refractivity contribution in [1.82, 2.24) is 0 Å². The van der Waals surface area contributed by atoms with E-state index in [-0.39, 0.29) is 5.41 Å². The van der Waals surface area contributed by atoms with Crippen molar-refractivity contribution >= 4 is 17.1 Å². The first-order valence-corrected chi connectivity index (χ1v) is 20.9. The van der Waals surface area contributed by atoms with Crippen molar-refractivity contribution in [2.24, 2.45) is 0 Å². The number of benzene rings is 9. The highest BCUT2D eigenvalue weighted by Crippen LogP contribution is 2.62. The van der Waals surface area contributed by atoms with E-state index in [1.165, 1.54) is 72.4 Å². The normalized spacial score (nSPS) is 14.2.